The summed E-state index contributed by atoms with van der Waals surface area (Å²) in [5.41, 5.74) is 7.37. The number of carbonyl (C=O) groups excluding carboxylic acids is 1. The van der Waals surface area contributed by atoms with Gasteiger partial charge in [-0.15, -0.1) is 0 Å². The summed E-state index contributed by atoms with van der Waals surface area (Å²) >= 11 is 0. The molecule has 0 spiro atoms. The van der Waals surface area contributed by atoms with Crippen LogP contribution in [0.4, 0.5) is 11.4 Å². The van der Waals surface area contributed by atoms with E-state index in [1.165, 1.54) is 0 Å². The molecule has 0 aliphatic carbocycles. The first-order chi connectivity index (χ1) is 9.10. The lowest BCUT2D eigenvalue weighted by Crippen LogP contribution is -2.29. The topological polar surface area (TPSA) is 67.6 Å². The molecule has 1 aromatic rings. The number of hydrogen-bond donors (Lipinski definition) is 2. The molecule has 5 heteroatoms. The molecule has 1 aliphatic rings. The highest BCUT2D eigenvalue weighted by atomic mass is 16.5. The van der Waals surface area contributed by atoms with E-state index in [2.05, 4.69) is 5.32 Å². The number of rotatable bonds is 4. The number of amides is 1. The fourth-order valence-corrected chi connectivity index (χ4v) is 2.16. The quantitative estimate of drug-likeness (QED) is 0.856. The zero-order valence-electron chi connectivity index (χ0n) is 11.4. The van der Waals surface area contributed by atoms with Gasteiger partial charge in [-0.1, -0.05) is 6.07 Å². The minimum atomic E-state index is -0.378. The van der Waals surface area contributed by atoms with Crippen molar-refractivity contribution in [2.24, 2.45) is 5.73 Å². The SMILES string of the molecule is CN(C)c1cccc(NC(=O)C2CCC(CN)O2)c1. The van der Waals surface area contributed by atoms with Crippen molar-refractivity contribution in [2.45, 2.75) is 25.0 Å². The average molecular weight is 263 g/mol. The van der Waals surface area contributed by atoms with Gasteiger partial charge in [0.05, 0.1) is 6.10 Å². The van der Waals surface area contributed by atoms with Gasteiger partial charge in [-0.3, -0.25) is 4.79 Å². The predicted molar refractivity (Wildman–Crippen MR) is 76.3 cm³/mol. The molecular formula is C14H21N3O2. The van der Waals surface area contributed by atoms with Crippen LogP contribution in [0.15, 0.2) is 24.3 Å². The van der Waals surface area contributed by atoms with Crippen LogP contribution < -0.4 is 16.0 Å². The number of nitrogens with two attached hydrogens (primary N) is 1. The molecule has 0 radical (unpaired) electrons. The number of hydrogen-bond acceptors (Lipinski definition) is 4. The Morgan fingerprint density at radius 1 is 1.47 bits per heavy atom. The van der Waals surface area contributed by atoms with Crippen molar-refractivity contribution >= 4 is 17.3 Å². The van der Waals surface area contributed by atoms with E-state index in [0.29, 0.717) is 6.54 Å². The monoisotopic (exact) mass is 263 g/mol. The Balaban J connectivity index is 1.97. The Morgan fingerprint density at radius 3 is 2.89 bits per heavy atom. The summed E-state index contributed by atoms with van der Waals surface area (Å²) in [4.78, 5) is 14.1. The van der Waals surface area contributed by atoms with Gasteiger partial charge in [0, 0.05) is 32.0 Å². The third kappa shape index (κ3) is 3.45. The van der Waals surface area contributed by atoms with Crippen molar-refractivity contribution in [3.63, 3.8) is 0 Å². The number of anilines is 2. The molecule has 0 aromatic heterocycles. The lowest BCUT2D eigenvalue weighted by Gasteiger charge is -2.16. The molecule has 2 atom stereocenters. The maximum Gasteiger partial charge on any atom is 0.253 e. The van der Waals surface area contributed by atoms with E-state index in [0.717, 1.165) is 24.2 Å². The first-order valence-corrected chi connectivity index (χ1v) is 6.54. The van der Waals surface area contributed by atoms with Gasteiger partial charge in [0.15, 0.2) is 0 Å². The minimum absolute atomic E-state index is 0.0175. The van der Waals surface area contributed by atoms with Crippen LogP contribution in [-0.4, -0.2) is 38.8 Å². The highest BCUT2D eigenvalue weighted by molar-refractivity contribution is 5.94. The molecule has 104 valence electrons. The molecule has 1 heterocycles. The van der Waals surface area contributed by atoms with Crippen LogP contribution in [0, 0.1) is 0 Å². The van der Waals surface area contributed by atoms with Crippen LogP contribution in [0.2, 0.25) is 0 Å². The number of carbonyl (C=O) groups is 1. The van der Waals surface area contributed by atoms with Crippen LogP contribution in [0.3, 0.4) is 0 Å². The Labute approximate surface area is 113 Å². The summed E-state index contributed by atoms with van der Waals surface area (Å²) in [6.45, 7) is 0.472. The van der Waals surface area contributed by atoms with Crippen LogP contribution in [-0.2, 0) is 9.53 Å². The van der Waals surface area contributed by atoms with Crippen molar-refractivity contribution in [1.29, 1.82) is 0 Å². The molecule has 19 heavy (non-hydrogen) atoms. The molecule has 0 bridgehead atoms. The Hall–Kier alpha value is -1.59. The van der Waals surface area contributed by atoms with Crippen LogP contribution in [0.5, 0.6) is 0 Å². The zero-order valence-corrected chi connectivity index (χ0v) is 11.4. The van der Waals surface area contributed by atoms with Gasteiger partial charge in [0.2, 0.25) is 0 Å². The highest BCUT2D eigenvalue weighted by Crippen LogP contribution is 2.22. The van der Waals surface area contributed by atoms with Crippen molar-refractivity contribution < 1.29 is 9.53 Å². The van der Waals surface area contributed by atoms with E-state index < -0.39 is 0 Å². The second-order valence-electron chi connectivity index (χ2n) is 4.99. The third-order valence-electron chi connectivity index (χ3n) is 3.29. The zero-order chi connectivity index (χ0) is 13.8. The number of ether oxygens (including phenoxy) is 1. The maximum absolute atomic E-state index is 12.1. The summed E-state index contributed by atoms with van der Waals surface area (Å²) in [5, 5.41) is 2.89. The van der Waals surface area contributed by atoms with Crippen LogP contribution in [0.1, 0.15) is 12.8 Å². The van der Waals surface area contributed by atoms with E-state index in [4.69, 9.17) is 10.5 Å². The summed E-state index contributed by atoms with van der Waals surface area (Å²) < 4.78 is 5.57. The second-order valence-corrected chi connectivity index (χ2v) is 4.99. The fraction of sp³-hybridized carbons (Fsp3) is 0.500. The molecule has 0 saturated carbocycles. The maximum atomic E-state index is 12.1. The first-order valence-electron chi connectivity index (χ1n) is 6.54. The molecule has 1 saturated heterocycles. The Kier molecular flexibility index (Phi) is 4.39. The molecule has 1 aliphatic heterocycles. The van der Waals surface area contributed by atoms with Crippen molar-refractivity contribution in [3.05, 3.63) is 24.3 Å². The normalized spacial score (nSPS) is 22.3. The summed E-state index contributed by atoms with van der Waals surface area (Å²) in [6, 6.07) is 7.73. The molecular weight excluding hydrogens is 242 g/mol. The molecule has 1 amide bonds. The summed E-state index contributed by atoms with van der Waals surface area (Å²) in [5.74, 6) is -0.0909. The Bertz CT molecular complexity index is 448. The summed E-state index contributed by atoms with van der Waals surface area (Å²) in [6.07, 6.45) is 1.23. The molecule has 5 nitrogen and oxygen atoms in total. The van der Waals surface area contributed by atoms with E-state index in [-0.39, 0.29) is 18.1 Å². The second kappa shape index (κ2) is 6.04. The third-order valence-corrected chi connectivity index (χ3v) is 3.29. The van der Waals surface area contributed by atoms with Gasteiger partial charge in [-0.2, -0.15) is 0 Å². The van der Waals surface area contributed by atoms with E-state index in [1.807, 2.05) is 43.3 Å². The Morgan fingerprint density at radius 2 is 2.26 bits per heavy atom. The number of benzene rings is 1. The highest BCUT2D eigenvalue weighted by Gasteiger charge is 2.29. The minimum Gasteiger partial charge on any atom is -0.378 e. The van der Waals surface area contributed by atoms with Crippen LogP contribution in [0.25, 0.3) is 0 Å². The van der Waals surface area contributed by atoms with Crippen LogP contribution >= 0.6 is 0 Å². The van der Waals surface area contributed by atoms with Gasteiger partial charge >= 0.3 is 0 Å². The van der Waals surface area contributed by atoms with Crippen molar-refractivity contribution in [3.8, 4) is 0 Å². The molecule has 2 unspecified atom stereocenters. The van der Waals surface area contributed by atoms with Gasteiger partial charge in [-0.05, 0) is 31.0 Å². The number of nitrogens with one attached hydrogen (secondary N) is 1. The largest absolute Gasteiger partial charge is 0.378 e. The van der Waals surface area contributed by atoms with Gasteiger partial charge in [-0.25, -0.2) is 0 Å². The standard InChI is InChI=1S/C14H21N3O2/c1-17(2)11-5-3-4-10(8-11)16-14(18)13-7-6-12(9-15)19-13/h3-5,8,12-13H,6-7,9,15H2,1-2H3,(H,16,18). The lowest BCUT2D eigenvalue weighted by molar-refractivity contribution is -0.126. The smallest absolute Gasteiger partial charge is 0.253 e. The number of nitrogens with zero attached hydrogens (tertiary/aromatic N) is 1. The lowest BCUT2D eigenvalue weighted by atomic mass is 10.2. The predicted octanol–water partition coefficient (Wildman–Crippen LogP) is 1.20. The summed E-state index contributed by atoms with van der Waals surface area (Å²) in [7, 11) is 3.93. The van der Waals surface area contributed by atoms with E-state index in [9.17, 15) is 4.79 Å². The van der Waals surface area contributed by atoms with Crippen molar-refractivity contribution in [2.75, 3.05) is 30.9 Å². The van der Waals surface area contributed by atoms with Gasteiger partial charge in [0.25, 0.3) is 5.91 Å². The molecule has 1 fully saturated rings. The first kappa shape index (κ1) is 13.8. The molecule has 2 rings (SSSR count). The average Bonchev–Trinajstić information content (AvgIpc) is 2.88. The molecule has 1 aromatic carbocycles. The molecule has 3 N–H and O–H groups in total. The van der Waals surface area contributed by atoms with E-state index >= 15 is 0 Å². The van der Waals surface area contributed by atoms with E-state index in [1.54, 1.807) is 0 Å². The fourth-order valence-electron chi connectivity index (χ4n) is 2.16. The van der Waals surface area contributed by atoms with Gasteiger partial charge < -0.3 is 20.7 Å². The van der Waals surface area contributed by atoms with Gasteiger partial charge in [0.1, 0.15) is 6.10 Å². The van der Waals surface area contributed by atoms with Crippen molar-refractivity contribution in [1.82, 2.24) is 0 Å².